The van der Waals surface area contributed by atoms with Gasteiger partial charge in [-0.3, -0.25) is 0 Å². The number of aliphatic hydroxyl groups excluding tert-OH is 1. The first-order valence-electron chi connectivity index (χ1n) is 6.75. The molecule has 0 saturated carbocycles. The molecule has 0 aliphatic heterocycles. The van der Waals surface area contributed by atoms with Gasteiger partial charge in [0.15, 0.2) is 11.6 Å². The van der Waals surface area contributed by atoms with Gasteiger partial charge in [-0.15, -0.1) is 0 Å². The van der Waals surface area contributed by atoms with Crippen LogP contribution in [0.15, 0.2) is 42.5 Å². The molecule has 1 N–H and O–H groups in total. The number of hydrogen-bond donors (Lipinski definition) is 1. The molecule has 3 nitrogen and oxygen atoms in total. The molecule has 4 heteroatoms. The van der Waals surface area contributed by atoms with Gasteiger partial charge in [0.1, 0.15) is 6.10 Å². The fourth-order valence-electron chi connectivity index (χ4n) is 2.13. The largest absolute Gasteiger partial charge is 0.494 e. The lowest BCUT2D eigenvalue weighted by Crippen LogP contribution is -2.02. The molecule has 0 radical (unpaired) electrons. The van der Waals surface area contributed by atoms with E-state index in [1.807, 2.05) is 24.3 Å². The summed E-state index contributed by atoms with van der Waals surface area (Å²) in [7, 11) is 3.07. The van der Waals surface area contributed by atoms with E-state index >= 15 is 0 Å². The Hall–Kier alpha value is -1.91. The van der Waals surface area contributed by atoms with E-state index in [2.05, 4.69) is 0 Å². The van der Waals surface area contributed by atoms with E-state index in [0.29, 0.717) is 12.2 Å². The zero-order chi connectivity index (χ0) is 15.2. The summed E-state index contributed by atoms with van der Waals surface area (Å²) in [5.74, 6) is -0.313. The lowest BCUT2D eigenvalue weighted by atomic mass is 9.99. The Kier molecular flexibility index (Phi) is 5.31. The van der Waals surface area contributed by atoms with Gasteiger partial charge in [-0.05, 0) is 35.2 Å². The molecule has 1 unspecified atom stereocenters. The summed E-state index contributed by atoms with van der Waals surface area (Å²) < 4.78 is 23.4. The molecule has 0 aliphatic rings. The van der Waals surface area contributed by atoms with Gasteiger partial charge in [0.25, 0.3) is 0 Å². The Morgan fingerprint density at radius 3 is 2.33 bits per heavy atom. The van der Waals surface area contributed by atoms with Crippen molar-refractivity contribution < 1.29 is 19.0 Å². The first-order valence-corrected chi connectivity index (χ1v) is 6.75. The highest BCUT2D eigenvalue weighted by molar-refractivity contribution is 5.37. The Balaban J connectivity index is 2.17. The fraction of sp³-hybridized carbons (Fsp3) is 0.294. The number of methoxy groups -OCH3 is 2. The van der Waals surface area contributed by atoms with Crippen LogP contribution in [0.3, 0.4) is 0 Å². The lowest BCUT2D eigenvalue weighted by Gasteiger charge is -2.13. The molecule has 21 heavy (non-hydrogen) atoms. The summed E-state index contributed by atoms with van der Waals surface area (Å²) in [4.78, 5) is 0. The predicted molar refractivity (Wildman–Crippen MR) is 79.0 cm³/mol. The van der Waals surface area contributed by atoms with Crippen LogP contribution in [0.2, 0.25) is 0 Å². The summed E-state index contributed by atoms with van der Waals surface area (Å²) >= 11 is 0. The van der Waals surface area contributed by atoms with Crippen LogP contribution in [-0.2, 0) is 11.2 Å². The third-order valence-corrected chi connectivity index (χ3v) is 3.38. The zero-order valence-corrected chi connectivity index (χ0v) is 12.2. The van der Waals surface area contributed by atoms with Gasteiger partial charge >= 0.3 is 0 Å². The van der Waals surface area contributed by atoms with Crippen molar-refractivity contribution in [2.75, 3.05) is 20.8 Å². The minimum absolute atomic E-state index is 0.128. The highest BCUT2D eigenvalue weighted by Crippen LogP contribution is 2.27. The number of hydrogen-bond acceptors (Lipinski definition) is 3. The molecule has 0 fully saturated rings. The van der Waals surface area contributed by atoms with Gasteiger partial charge in [0.2, 0.25) is 0 Å². The Bertz CT molecular complexity index is 581. The SMILES string of the molecule is COCCc1ccc(C(O)c2ccc(F)c(OC)c2)cc1. The van der Waals surface area contributed by atoms with Crippen molar-refractivity contribution in [2.45, 2.75) is 12.5 Å². The van der Waals surface area contributed by atoms with Gasteiger partial charge in [-0.1, -0.05) is 30.3 Å². The van der Waals surface area contributed by atoms with Crippen molar-refractivity contribution in [2.24, 2.45) is 0 Å². The van der Waals surface area contributed by atoms with Gasteiger partial charge < -0.3 is 14.6 Å². The molecule has 0 spiro atoms. The molecule has 1 atom stereocenters. The minimum Gasteiger partial charge on any atom is -0.494 e. The molecular weight excluding hydrogens is 271 g/mol. The molecule has 2 rings (SSSR count). The monoisotopic (exact) mass is 290 g/mol. The molecule has 0 heterocycles. The first-order chi connectivity index (χ1) is 10.2. The zero-order valence-electron chi connectivity index (χ0n) is 12.2. The molecule has 2 aromatic carbocycles. The quantitative estimate of drug-likeness (QED) is 0.888. The highest BCUT2D eigenvalue weighted by Gasteiger charge is 2.13. The smallest absolute Gasteiger partial charge is 0.165 e. The Morgan fingerprint density at radius 2 is 1.71 bits per heavy atom. The summed E-state index contributed by atoms with van der Waals surface area (Å²) in [6, 6.07) is 12.0. The van der Waals surface area contributed by atoms with Gasteiger partial charge in [-0.2, -0.15) is 0 Å². The average molecular weight is 290 g/mol. The van der Waals surface area contributed by atoms with Crippen molar-refractivity contribution >= 4 is 0 Å². The maximum Gasteiger partial charge on any atom is 0.165 e. The highest BCUT2D eigenvalue weighted by atomic mass is 19.1. The van der Waals surface area contributed by atoms with E-state index in [4.69, 9.17) is 9.47 Å². The van der Waals surface area contributed by atoms with E-state index in [1.165, 1.54) is 19.2 Å². The lowest BCUT2D eigenvalue weighted by molar-refractivity contribution is 0.202. The number of ether oxygens (including phenoxy) is 2. The third-order valence-electron chi connectivity index (χ3n) is 3.38. The molecule has 0 aromatic heterocycles. The van der Waals surface area contributed by atoms with Crippen molar-refractivity contribution in [1.29, 1.82) is 0 Å². The van der Waals surface area contributed by atoms with Crippen LogP contribution in [0.1, 0.15) is 22.8 Å². The standard InChI is InChI=1S/C17H19FO3/c1-20-10-9-12-3-5-13(6-4-12)17(19)14-7-8-15(18)16(11-14)21-2/h3-8,11,17,19H,9-10H2,1-2H3. The first kappa shape index (κ1) is 15.5. The van der Waals surface area contributed by atoms with Crippen LogP contribution in [0.4, 0.5) is 4.39 Å². The van der Waals surface area contributed by atoms with Crippen molar-refractivity contribution in [3.63, 3.8) is 0 Å². The number of benzene rings is 2. The van der Waals surface area contributed by atoms with Crippen molar-refractivity contribution in [1.82, 2.24) is 0 Å². The number of halogens is 1. The van der Waals surface area contributed by atoms with Crippen molar-refractivity contribution in [3.05, 3.63) is 65.0 Å². The van der Waals surface area contributed by atoms with E-state index in [-0.39, 0.29) is 5.75 Å². The Morgan fingerprint density at radius 1 is 1.05 bits per heavy atom. The maximum absolute atomic E-state index is 13.4. The molecular formula is C17H19FO3. The summed E-state index contributed by atoms with van der Waals surface area (Å²) in [5, 5.41) is 10.4. The van der Waals surface area contributed by atoms with Crippen LogP contribution >= 0.6 is 0 Å². The van der Waals surface area contributed by atoms with E-state index < -0.39 is 11.9 Å². The maximum atomic E-state index is 13.4. The topological polar surface area (TPSA) is 38.7 Å². The third kappa shape index (κ3) is 3.80. The number of rotatable bonds is 6. The van der Waals surface area contributed by atoms with Gasteiger partial charge in [0, 0.05) is 7.11 Å². The van der Waals surface area contributed by atoms with Crippen LogP contribution in [0.25, 0.3) is 0 Å². The van der Waals surface area contributed by atoms with Crippen LogP contribution < -0.4 is 4.74 Å². The molecule has 0 amide bonds. The summed E-state index contributed by atoms with van der Waals surface area (Å²) in [6.45, 7) is 0.664. The van der Waals surface area contributed by atoms with Crippen molar-refractivity contribution in [3.8, 4) is 5.75 Å². The molecule has 0 aliphatic carbocycles. The second-order valence-electron chi connectivity index (χ2n) is 4.78. The molecule has 0 saturated heterocycles. The van der Waals surface area contributed by atoms with E-state index in [1.54, 1.807) is 13.2 Å². The Labute approximate surface area is 124 Å². The van der Waals surface area contributed by atoms with Gasteiger partial charge in [-0.25, -0.2) is 4.39 Å². The fourth-order valence-corrected chi connectivity index (χ4v) is 2.13. The van der Waals surface area contributed by atoms with E-state index in [0.717, 1.165) is 17.5 Å². The normalized spacial score (nSPS) is 12.2. The van der Waals surface area contributed by atoms with Crippen LogP contribution in [0, 0.1) is 5.82 Å². The van der Waals surface area contributed by atoms with Crippen LogP contribution in [0.5, 0.6) is 5.75 Å². The van der Waals surface area contributed by atoms with Gasteiger partial charge in [0.05, 0.1) is 13.7 Å². The molecule has 0 bridgehead atoms. The summed E-state index contributed by atoms with van der Waals surface area (Å²) in [6.07, 6.45) is 0.0213. The molecule has 112 valence electrons. The number of aliphatic hydroxyl groups is 1. The van der Waals surface area contributed by atoms with E-state index in [9.17, 15) is 9.50 Å². The minimum atomic E-state index is -0.809. The second kappa shape index (κ2) is 7.20. The second-order valence-corrected chi connectivity index (χ2v) is 4.78. The molecule has 2 aromatic rings. The van der Waals surface area contributed by atoms with Crippen LogP contribution in [-0.4, -0.2) is 25.9 Å². The summed E-state index contributed by atoms with van der Waals surface area (Å²) in [5.41, 5.74) is 2.49. The predicted octanol–water partition coefficient (Wildman–Crippen LogP) is 3.10. The average Bonchev–Trinajstić information content (AvgIpc) is 2.53.